The number of hydrogen-bond acceptors (Lipinski definition) is 5. The summed E-state index contributed by atoms with van der Waals surface area (Å²) in [6, 6.07) is 12.6. The van der Waals surface area contributed by atoms with Crippen LogP contribution in [-0.2, 0) is 4.79 Å². The zero-order valence-corrected chi connectivity index (χ0v) is 16.4. The SMILES string of the molecule is COc1cc(/C=C/c2ccc(N(CCNC(=O)CN)C(=O)O)cc2)cc(OC)c1. The summed E-state index contributed by atoms with van der Waals surface area (Å²) in [5.41, 5.74) is 7.54. The van der Waals surface area contributed by atoms with E-state index in [9.17, 15) is 14.7 Å². The van der Waals surface area contributed by atoms with Crippen LogP contribution in [-0.4, -0.2) is 51.0 Å². The molecule has 0 heterocycles. The molecular formula is C21H25N3O5. The largest absolute Gasteiger partial charge is 0.497 e. The first-order chi connectivity index (χ1) is 14.0. The molecule has 8 heteroatoms. The monoisotopic (exact) mass is 399 g/mol. The van der Waals surface area contributed by atoms with Crippen molar-refractivity contribution >= 4 is 29.8 Å². The first-order valence-corrected chi connectivity index (χ1v) is 8.95. The molecule has 2 amide bonds. The topological polar surface area (TPSA) is 114 Å². The maximum absolute atomic E-state index is 11.5. The van der Waals surface area contributed by atoms with Gasteiger partial charge >= 0.3 is 6.09 Å². The average molecular weight is 399 g/mol. The van der Waals surface area contributed by atoms with E-state index in [-0.39, 0.29) is 25.5 Å². The number of nitrogens with two attached hydrogens (primary N) is 1. The van der Waals surface area contributed by atoms with E-state index in [1.165, 1.54) is 0 Å². The van der Waals surface area contributed by atoms with Crippen molar-refractivity contribution in [1.29, 1.82) is 0 Å². The predicted octanol–water partition coefficient (Wildman–Crippen LogP) is 2.43. The van der Waals surface area contributed by atoms with E-state index in [0.29, 0.717) is 17.2 Å². The summed E-state index contributed by atoms with van der Waals surface area (Å²) in [4.78, 5) is 23.9. The van der Waals surface area contributed by atoms with E-state index >= 15 is 0 Å². The van der Waals surface area contributed by atoms with Gasteiger partial charge in [0.2, 0.25) is 5.91 Å². The lowest BCUT2D eigenvalue weighted by atomic mass is 10.1. The Morgan fingerprint density at radius 2 is 1.62 bits per heavy atom. The number of ether oxygens (including phenoxy) is 2. The molecule has 2 aromatic rings. The lowest BCUT2D eigenvalue weighted by Crippen LogP contribution is -2.39. The van der Waals surface area contributed by atoms with Crippen molar-refractivity contribution in [3.63, 3.8) is 0 Å². The maximum atomic E-state index is 11.5. The molecule has 0 spiro atoms. The molecule has 0 unspecified atom stereocenters. The zero-order valence-electron chi connectivity index (χ0n) is 16.4. The van der Waals surface area contributed by atoms with E-state index in [4.69, 9.17) is 15.2 Å². The highest BCUT2D eigenvalue weighted by atomic mass is 16.5. The van der Waals surface area contributed by atoms with Crippen LogP contribution >= 0.6 is 0 Å². The second-order valence-electron chi connectivity index (χ2n) is 6.06. The molecule has 0 radical (unpaired) electrons. The van der Waals surface area contributed by atoms with Gasteiger partial charge in [0.05, 0.1) is 20.8 Å². The second-order valence-corrected chi connectivity index (χ2v) is 6.06. The molecule has 0 aliphatic rings. The number of methoxy groups -OCH3 is 2. The van der Waals surface area contributed by atoms with Crippen molar-refractivity contribution in [2.45, 2.75) is 0 Å². The molecule has 4 N–H and O–H groups in total. The lowest BCUT2D eigenvalue weighted by Gasteiger charge is -2.19. The zero-order chi connectivity index (χ0) is 21.2. The van der Waals surface area contributed by atoms with Crippen molar-refractivity contribution in [3.05, 3.63) is 53.6 Å². The molecule has 2 rings (SSSR count). The number of benzene rings is 2. The molecule has 8 nitrogen and oxygen atoms in total. The fraction of sp³-hybridized carbons (Fsp3) is 0.238. The fourth-order valence-corrected chi connectivity index (χ4v) is 2.60. The molecule has 0 bridgehead atoms. The van der Waals surface area contributed by atoms with Gasteiger partial charge in [-0.2, -0.15) is 0 Å². The molecule has 2 aromatic carbocycles. The Morgan fingerprint density at radius 3 is 2.14 bits per heavy atom. The molecule has 0 aromatic heterocycles. The Labute approximate surface area is 169 Å². The molecule has 0 aliphatic heterocycles. The number of carbonyl (C=O) groups excluding carboxylic acids is 1. The summed E-state index contributed by atoms with van der Waals surface area (Å²) in [6.07, 6.45) is 2.72. The maximum Gasteiger partial charge on any atom is 0.411 e. The number of anilines is 1. The smallest absolute Gasteiger partial charge is 0.411 e. The number of nitrogens with one attached hydrogen (secondary N) is 1. The molecule has 0 saturated heterocycles. The van der Waals surface area contributed by atoms with E-state index in [1.54, 1.807) is 32.4 Å². The van der Waals surface area contributed by atoms with E-state index in [0.717, 1.165) is 16.0 Å². The number of amides is 2. The number of carboxylic acid groups (broad SMARTS) is 1. The molecule has 0 atom stereocenters. The van der Waals surface area contributed by atoms with Crippen LogP contribution in [0.1, 0.15) is 11.1 Å². The van der Waals surface area contributed by atoms with Crippen molar-refractivity contribution in [1.82, 2.24) is 5.32 Å². The van der Waals surface area contributed by atoms with E-state index in [2.05, 4.69) is 5.32 Å². The average Bonchev–Trinajstić information content (AvgIpc) is 2.75. The number of hydrogen-bond donors (Lipinski definition) is 3. The van der Waals surface area contributed by atoms with Gasteiger partial charge in [-0.1, -0.05) is 24.3 Å². The first kappa shape index (κ1) is 21.8. The van der Waals surface area contributed by atoms with Crippen molar-refractivity contribution in [3.8, 4) is 11.5 Å². The minimum absolute atomic E-state index is 0.125. The number of nitrogens with zero attached hydrogens (tertiary/aromatic N) is 1. The van der Waals surface area contributed by atoms with Gasteiger partial charge in [0.1, 0.15) is 11.5 Å². The third kappa shape index (κ3) is 6.54. The Morgan fingerprint density at radius 1 is 1.03 bits per heavy atom. The molecule has 154 valence electrons. The third-order valence-electron chi connectivity index (χ3n) is 4.12. The van der Waals surface area contributed by atoms with Crippen LogP contribution in [0, 0.1) is 0 Å². The minimum Gasteiger partial charge on any atom is -0.497 e. The van der Waals surface area contributed by atoms with Gasteiger partial charge in [0.15, 0.2) is 0 Å². The van der Waals surface area contributed by atoms with Crippen molar-refractivity contribution in [2.75, 3.05) is 38.8 Å². The van der Waals surface area contributed by atoms with E-state index < -0.39 is 6.09 Å². The summed E-state index contributed by atoms with van der Waals surface area (Å²) in [6.45, 7) is 0.175. The Kier molecular flexibility index (Phi) is 8.05. The molecule has 29 heavy (non-hydrogen) atoms. The first-order valence-electron chi connectivity index (χ1n) is 8.95. The highest BCUT2D eigenvalue weighted by Crippen LogP contribution is 2.24. The molecule has 0 saturated carbocycles. The molecular weight excluding hydrogens is 374 g/mol. The van der Waals surface area contributed by atoms with Gasteiger partial charge in [-0.05, 0) is 35.4 Å². The summed E-state index contributed by atoms with van der Waals surface area (Å²) in [5, 5.41) is 12.0. The number of rotatable bonds is 9. The standard InChI is InChI=1S/C21H25N3O5/c1-28-18-11-16(12-19(13-18)29-2)4-3-15-5-7-17(8-6-15)24(21(26)27)10-9-23-20(25)14-22/h3-8,11-13H,9-10,14,22H2,1-2H3,(H,23,25)(H,26,27)/b4-3+. The third-order valence-corrected chi connectivity index (χ3v) is 4.12. The normalized spacial score (nSPS) is 10.6. The minimum atomic E-state index is -1.10. The van der Waals surface area contributed by atoms with Crippen LogP contribution in [0.2, 0.25) is 0 Å². The summed E-state index contributed by atoms with van der Waals surface area (Å²) >= 11 is 0. The molecule has 0 aliphatic carbocycles. The van der Waals surface area contributed by atoms with Gasteiger partial charge in [-0.3, -0.25) is 9.69 Å². The fourth-order valence-electron chi connectivity index (χ4n) is 2.60. The summed E-state index contributed by atoms with van der Waals surface area (Å²) < 4.78 is 10.5. The van der Waals surface area contributed by atoms with Crippen LogP contribution < -0.4 is 25.4 Å². The Bertz CT molecular complexity index is 843. The Balaban J connectivity index is 2.09. The van der Waals surface area contributed by atoms with Crippen molar-refractivity contribution < 1.29 is 24.2 Å². The number of carbonyl (C=O) groups is 2. The summed E-state index contributed by atoms with van der Waals surface area (Å²) in [7, 11) is 3.19. The quantitative estimate of drug-likeness (QED) is 0.558. The van der Waals surface area contributed by atoms with Crippen LogP contribution in [0.25, 0.3) is 12.2 Å². The highest BCUT2D eigenvalue weighted by Gasteiger charge is 2.14. The molecule has 0 fully saturated rings. The Hall–Kier alpha value is -3.52. The van der Waals surface area contributed by atoms with Crippen LogP contribution in [0.3, 0.4) is 0 Å². The van der Waals surface area contributed by atoms with Gasteiger partial charge < -0.3 is 25.6 Å². The van der Waals surface area contributed by atoms with Crippen LogP contribution in [0.15, 0.2) is 42.5 Å². The summed E-state index contributed by atoms with van der Waals surface area (Å²) in [5.74, 6) is 1.06. The van der Waals surface area contributed by atoms with Gasteiger partial charge in [0, 0.05) is 24.8 Å². The van der Waals surface area contributed by atoms with Gasteiger partial charge in [-0.15, -0.1) is 0 Å². The van der Waals surface area contributed by atoms with Gasteiger partial charge in [0.25, 0.3) is 0 Å². The highest BCUT2D eigenvalue weighted by molar-refractivity contribution is 5.86. The van der Waals surface area contributed by atoms with Crippen LogP contribution in [0.4, 0.5) is 10.5 Å². The predicted molar refractivity (Wildman–Crippen MR) is 112 cm³/mol. The van der Waals surface area contributed by atoms with Crippen molar-refractivity contribution in [2.24, 2.45) is 5.73 Å². The lowest BCUT2D eigenvalue weighted by molar-refractivity contribution is -0.119. The van der Waals surface area contributed by atoms with Crippen LogP contribution in [0.5, 0.6) is 11.5 Å². The van der Waals surface area contributed by atoms with Gasteiger partial charge in [-0.25, -0.2) is 4.79 Å². The van der Waals surface area contributed by atoms with E-state index in [1.807, 2.05) is 36.4 Å². The second kappa shape index (κ2) is 10.7.